The molecular formula is C24H19Cl2F3N4OS. The van der Waals surface area contributed by atoms with Gasteiger partial charge in [-0.1, -0.05) is 47.5 Å². The molecule has 2 aromatic carbocycles. The van der Waals surface area contributed by atoms with Crippen LogP contribution >= 0.6 is 34.5 Å². The van der Waals surface area contributed by atoms with Gasteiger partial charge in [0.05, 0.1) is 20.6 Å². The van der Waals surface area contributed by atoms with Gasteiger partial charge in [-0.15, -0.1) is 11.3 Å². The summed E-state index contributed by atoms with van der Waals surface area (Å²) in [5.74, 6) is -0.270. The molecule has 35 heavy (non-hydrogen) atoms. The van der Waals surface area contributed by atoms with Crippen molar-refractivity contribution >= 4 is 50.7 Å². The first-order valence-electron chi connectivity index (χ1n) is 10.8. The number of amides is 1. The van der Waals surface area contributed by atoms with Crippen LogP contribution in [-0.2, 0) is 12.7 Å². The zero-order valence-electron chi connectivity index (χ0n) is 18.2. The van der Waals surface area contributed by atoms with Gasteiger partial charge in [-0.3, -0.25) is 9.69 Å². The normalized spacial score (nSPS) is 15.2. The van der Waals surface area contributed by atoms with Gasteiger partial charge in [0, 0.05) is 38.1 Å². The zero-order chi connectivity index (χ0) is 24.7. The van der Waals surface area contributed by atoms with Crippen molar-refractivity contribution in [3.63, 3.8) is 0 Å². The van der Waals surface area contributed by atoms with Gasteiger partial charge in [0.25, 0.3) is 5.91 Å². The van der Waals surface area contributed by atoms with E-state index in [0.717, 1.165) is 16.9 Å². The maximum Gasteiger partial charge on any atom is 0.435 e. The number of hydrogen-bond acceptors (Lipinski definition) is 4. The number of hydrogen-bond donors (Lipinski definition) is 0. The van der Waals surface area contributed by atoms with E-state index >= 15 is 0 Å². The number of piperazine rings is 1. The van der Waals surface area contributed by atoms with Gasteiger partial charge in [-0.25, -0.2) is 4.68 Å². The van der Waals surface area contributed by atoms with Crippen LogP contribution in [0.3, 0.4) is 0 Å². The molecule has 4 aromatic rings. The molecule has 1 saturated heterocycles. The van der Waals surface area contributed by atoms with Crippen molar-refractivity contribution in [1.82, 2.24) is 19.6 Å². The quantitative estimate of drug-likeness (QED) is 0.303. The molecule has 0 atom stereocenters. The highest BCUT2D eigenvalue weighted by Crippen LogP contribution is 2.39. The molecular weight excluding hydrogens is 520 g/mol. The average Bonchev–Trinajstić information content (AvgIpc) is 3.41. The maximum atomic E-state index is 13.7. The molecule has 1 fully saturated rings. The van der Waals surface area contributed by atoms with Crippen molar-refractivity contribution in [3.8, 4) is 5.69 Å². The number of carbonyl (C=O) groups excluding carboxylic acids is 1. The number of benzene rings is 2. The first-order chi connectivity index (χ1) is 16.7. The summed E-state index contributed by atoms with van der Waals surface area (Å²) in [6.45, 7) is 2.91. The summed E-state index contributed by atoms with van der Waals surface area (Å²) < 4.78 is 42.3. The molecule has 0 radical (unpaired) electrons. The largest absolute Gasteiger partial charge is 0.435 e. The Kier molecular flexibility index (Phi) is 6.52. The van der Waals surface area contributed by atoms with Gasteiger partial charge >= 0.3 is 6.18 Å². The van der Waals surface area contributed by atoms with E-state index in [1.54, 1.807) is 41.3 Å². The molecule has 0 saturated carbocycles. The number of alkyl halides is 3. The van der Waals surface area contributed by atoms with Crippen LogP contribution in [0.1, 0.15) is 20.9 Å². The Morgan fingerprint density at radius 1 is 0.971 bits per heavy atom. The molecule has 1 aliphatic heterocycles. The Hall–Kier alpha value is -2.59. The van der Waals surface area contributed by atoms with Crippen molar-refractivity contribution in [2.45, 2.75) is 12.7 Å². The van der Waals surface area contributed by atoms with Gasteiger partial charge in [0.2, 0.25) is 0 Å². The van der Waals surface area contributed by atoms with Gasteiger partial charge in [0.15, 0.2) is 5.69 Å². The summed E-state index contributed by atoms with van der Waals surface area (Å²) in [6, 6.07) is 15.4. The Labute approximate surface area is 213 Å². The molecule has 5 rings (SSSR count). The van der Waals surface area contributed by atoms with Crippen molar-refractivity contribution in [2.75, 3.05) is 26.2 Å². The molecule has 2 aromatic heterocycles. The lowest BCUT2D eigenvalue weighted by molar-refractivity contribution is -0.140. The van der Waals surface area contributed by atoms with E-state index in [9.17, 15) is 18.0 Å². The monoisotopic (exact) mass is 538 g/mol. The van der Waals surface area contributed by atoms with Crippen LogP contribution in [0.2, 0.25) is 10.0 Å². The van der Waals surface area contributed by atoms with Crippen LogP contribution in [0.15, 0.2) is 54.6 Å². The minimum atomic E-state index is -4.63. The molecule has 1 amide bonds. The first-order valence-corrected chi connectivity index (χ1v) is 12.4. The van der Waals surface area contributed by atoms with Gasteiger partial charge in [0.1, 0.15) is 4.83 Å². The third kappa shape index (κ3) is 4.91. The van der Waals surface area contributed by atoms with Crippen LogP contribution < -0.4 is 0 Å². The Morgan fingerprint density at radius 3 is 2.34 bits per heavy atom. The summed E-state index contributed by atoms with van der Waals surface area (Å²) in [6.07, 6.45) is -4.63. The topological polar surface area (TPSA) is 41.4 Å². The molecule has 1 aliphatic rings. The average molecular weight is 539 g/mol. The maximum absolute atomic E-state index is 13.7. The Balaban J connectivity index is 1.35. The molecule has 182 valence electrons. The lowest BCUT2D eigenvalue weighted by atomic mass is 10.2. The number of thiophene rings is 1. The second kappa shape index (κ2) is 9.46. The van der Waals surface area contributed by atoms with E-state index in [-0.39, 0.29) is 16.2 Å². The highest BCUT2D eigenvalue weighted by atomic mass is 35.5. The third-order valence-electron chi connectivity index (χ3n) is 5.89. The molecule has 0 aliphatic carbocycles. The number of carbonyl (C=O) groups is 1. The van der Waals surface area contributed by atoms with Crippen molar-refractivity contribution in [2.24, 2.45) is 0 Å². The Bertz CT molecular complexity index is 1380. The fourth-order valence-electron chi connectivity index (χ4n) is 4.13. The zero-order valence-corrected chi connectivity index (χ0v) is 20.6. The minimum Gasteiger partial charge on any atom is -0.335 e. The fraction of sp³-hybridized carbons (Fsp3) is 0.250. The fourth-order valence-corrected chi connectivity index (χ4v) is 5.55. The highest BCUT2D eigenvalue weighted by molar-refractivity contribution is 7.20. The first kappa shape index (κ1) is 24.1. The van der Waals surface area contributed by atoms with Crippen molar-refractivity contribution < 1.29 is 18.0 Å². The van der Waals surface area contributed by atoms with E-state index in [1.165, 1.54) is 10.7 Å². The number of para-hydroxylation sites is 1. The van der Waals surface area contributed by atoms with Crippen LogP contribution in [0.4, 0.5) is 13.2 Å². The number of halogens is 5. The predicted octanol–water partition coefficient (Wildman–Crippen LogP) is 6.37. The van der Waals surface area contributed by atoms with Crippen LogP contribution in [0.25, 0.3) is 15.9 Å². The molecule has 0 bridgehead atoms. The molecule has 0 unspecified atom stereocenters. The van der Waals surface area contributed by atoms with Gasteiger partial charge in [-0.2, -0.15) is 18.3 Å². The number of fused-ring (bicyclic) bond motifs is 1. The smallest absolute Gasteiger partial charge is 0.335 e. The van der Waals surface area contributed by atoms with E-state index in [4.69, 9.17) is 23.2 Å². The standard InChI is InChI=1S/C24H19Cl2F3N4OS/c25-18-7-6-15(12-19(18)26)14-31-8-10-32(11-9-31)22(34)20-13-17-21(24(27,28)29)30-33(23(17)35-20)16-4-2-1-3-5-16/h1-7,12-13H,8-11,14H2. The molecule has 5 nitrogen and oxygen atoms in total. The lowest BCUT2D eigenvalue weighted by Crippen LogP contribution is -2.48. The van der Waals surface area contributed by atoms with E-state index in [2.05, 4.69) is 10.00 Å². The second-order valence-corrected chi connectivity index (χ2v) is 10.1. The SMILES string of the molecule is O=C(c1cc2c(C(F)(F)F)nn(-c3ccccc3)c2s1)N1CCN(Cc2ccc(Cl)c(Cl)c2)CC1. The van der Waals surface area contributed by atoms with E-state index in [1.807, 2.05) is 12.1 Å². The number of rotatable bonds is 4. The summed E-state index contributed by atoms with van der Waals surface area (Å²) in [4.78, 5) is 17.6. The Morgan fingerprint density at radius 2 is 1.69 bits per heavy atom. The molecule has 0 spiro atoms. The summed E-state index contributed by atoms with van der Waals surface area (Å²) in [5, 5.41) is 4.75. The summed E-state index contributed by atoms with van der Waals surface area (Å²) >= 11 is 13.1. The third-order valence-corrected chi connectivity index (χ3v) is 7.73. The molecule has 3 heterocycles. The van der Waals surface area contributed by atoms with Crippen LogP contribution in [0, 0.1) is 0 Å². The summed E-state index contributed by atoms with van der Waals surface area (Å²) in [5.41, 5.74) is 0.539. The van der Waals surface area contributed by atoms with Gasteiger partial charge < -0.3 is 4.90 Å². The van der Waals surface area contributed by atoms with Crippen LogP contribution in [0.5, 0.6) is 0 Å². The predicted molar refractivity (Wildman–Crippen MR) is 132 cm³/mol. The van der Waals surface area contributed by atoms with Crippen molar-refractivity contribution in [1.29, 1.82) is 0 Å². The second-order valence-electron chi connectivity index (χ2n) is 8.24. The van der Waals surface area contributed by atoms with Crippen molar-refractivity contribution in [3.05, 3.63) is 80.8 Å². The van der Waals surface area contributed by atoms with Gasteiger partial charge in [-0.05, 0) is 35.9 Å². The lowest BCUT2D eigenvalue weighted by Gasteiger charge is -2.34. The van der Waals surface area contributed by atoms with Crippen LogP contribution in [-0.4, -0.2) is 51.7 Å². The van der Waals surface area contributed by atoms with E-state index in [0.29, 0.717) is 53.3 Å². The highest BCUT2D eigenvalue weighted by Gasteiger charge is 2.38. The number of nitrogens with zero attached hydrogens (tertiary/aromatic N) is 4. The van der Waals surface area contributed by atoms with E-state index < -0.39 is 11.9 Å². The summed E-state index contributed by atoms with van der Waals surface area (Å²) in [7, 11) is 0. The number of aromatic nitrogens is 2. The molecule has 0 N–H and O–H groups in total. The molecule has 11 heteroatoms. The minimum absolute atomic E-state index is 0.0621.